The second kappa shape index (κ2) is 12.1. The van der Waals surface area contributed by atoms with Crippen LogP contribution in [0.2, 0.25) is 15.1 Å². The van der Waals surface area contributed by atoms with Crippen LogP contribution in [0.5, 0.6) is 0 Å². The summed E-state index contributed by atoms with van der Waals surface area (Å²) in [7, 11) is -4.09. The summed E-state index contributed by atoms with van der Waals surface area (Å²) >= 11 is 18.9. The van der Waals surface area contributed by atoms with E-state index in [2.05, 4.69) is 10.5 Å². The van der Waals surface area contributed by atoms with E-state index in [-0.39, 0.29) is 4.90 Å². The lowest BCUT2D eigenvalue weighted by Crippen LogP contribution is -2.40. The number of aromatic nitrogens is 1. The van der Waals surface area contributed by atoms with Crippen LogP contribution >= 0.6 is 34.8 Å². The molecule has 1 amide bonds. The van der Waals surface area contributed by atoms with Crippen molar-refractivity contribution in [3.05, 3.63) is 110 Å². The molecule has 11 heteroatoms. The monoisotopic (exact) mass is 616 g/mol. The molecule has 4 rings (SSSR count). The number of carbonyl (C=O) groups excluding carboxylic acids is 1. The lowest BCUT2D eigenvalue weighted by atomic mass is 10.2. The molecule has 1 heterocycles. The molecule has 0 bridgehead atoms. The molecule has 1 aromatic heterocycles. The zero-order valence-electron chi connectivity index (χ0n) is 22.2. The van der Waals surface area contributed by atoms with Crippen molar-refractivity contribution in [1.82, 2.24) is 9.99 Å². The third kappa shape index (κ3) is 6.20. The van der Waals surface area contributed by atoms with Crippen molar-refractivity contribution in [2.45, 2.75) is 32.6 Å². The fourth-order valence-corrected chi connectivity index (χ4v) is 6.31. The minimum Gasteiger partial charge on any atom is -0.316 e. The van der Waals surface area contributed by atoms with Gasteiger partial charge in [-0.25, -0.2) is 13.8 Å². The largest absolute Gasteiger partial charge is 0.316 e. The van der Waals surface area contributed by atoms with Crippen molar-refractivity contribution in [1.29, 1.82) is 0 Å². The Kier molecular flexibility index (Phi) is 8.95. The van der Waals surface area contributed by atoms with Crippen LogP contribution in [0.15, 0.2) is 76.7 Å². The number of halogens is 3. The third-order valence-electron chi connectivity index (χ3n) is 6.42. The maximum atomic E-state index is 13.7. The summed E-state index contributed by atoms with van der Waals surface area (Å²) in [5, 5.41) is 5.57. The first-order valence-electron chi connectivity index (χ1n) is 12.2. The average molecular weight is 618 g/mol. The number of rotatable bonds is 8. The molecule has 40 heavy (non-hydrogen) atoms. The fourth-order valence-electron chi connectivity index (χ4n) is 4.29. The van der Waals surface area contributed by atoms with Crippen molar-refractivity contribution in [2.24, 2.45) is 5.10 Å². The maximum Gasteiger partial charge on any atom is 0.264 e. The van der Waals surface area contributed by atoms with E-state index in [1.807, 2.05) is 31.4 Å². The normalized spacial score (nSPS) is 11.7. The van der Waals surface area contributed by atoms with Crippen LogP contribution in [0.3, 0.4) is 0 Å². The number of anilines is 1. The van der Waals surface area contributed by atoms with Gasteiger partial charge in [-0.05, 0) is 81.8 Å². The van der Waals surface area contributed by atoms with Gasteiger partial charge in [0.15, 0.2) is 0 Å². The summed E-state index contributed by atoms with van der Waals surface area (Å²) in [5.74, 6) is -0.627. The minimum absolute atomic E-state index is 0.0564. The lowest BCUT2D eigenvalue weighted by molar-refractivity contribution is -0.119. The van der Waals surface area contributed by atoms with Gasteiger partial charge in [0.05, 0.1) is 27.5 Å². The average Bonchev–Trinajstić information content (AvgIpc) is 3.18. The molecule has 4 aromatic rings. The van der Waals surface area contributed by atoms with E-state index in [0.717, 1.165) is 32.5 Å². The van der Waals surface area contributed by atoms with Gasteiger partial charge in [-0.3, -0.25) is 9.10 Å². The Balaban J connectivity index is 1.60. The Morgan fingerprint density at radius 1 is 0.950 bits per heavy atom. The fraction of sp³-hybridized carbons (Fsp3) is 0.172. The predicted molar refractivity (Wildman–Crippen MR) is 163 cm³/mol. The molecular formula is C29H27Cl3N4O3S. The zero-order valence-corrected chi connectivity index (χ0v) is 25.3. The molecular weight excluding hydrogens is 591 g/mol. The number of amides is 1. The molecule has 0 fully saturated rings. The summed E-state index contributed by atoms with van der Waals surface area (Å²) in [5.41, 5.74) is 7.38. The van der Waals surface area contributed by atoms with E-state index < -0.39 is 22.5 Å². The lowest BCUT2D eigenvalue weighted by Gasteiger charge is -2.25. The topological polar surface area (TPSA) is 83.8 Å². The summed E-state index contributed by atoms with van der Waals surface area (Å²) in [4.78, 5) is 13.1. The number of aryl methyl sites for hydroxylation is 2. The molecule has 0 spiro atoms. The number of nitrogens with one attached hydrogen (secondary N) is 1. The Bertz CT molecular complexity index is 1720. The van der Waals surface area contributed by atoms with Gasteiger partial charge in [0.1, 0.15) is 6.54 Å². The molecule has 0 unspecified atom stereocenters. The Morgan fingerprint density at radius 3 is 2.35 bits per heavy atom. The highest BCUT2D eigenvalue weighted by molar-refractivity contribution is 7.92. The number of sulfonamides is 1. The van der Waals surface area contributed by atoms with Crippen molar-refractivity contribution in [3.63, 3.8) is 0 Å². The van der Waals surface area contributed by atoms with E-state index in [1.54, 1.807) is 55.5 Å². The second-order valence-electron chi connectivity index (χ2n) is 9.26. The van der Waals surface area contributed by atoms with E-state index >= 15 is 0 Å². The molecule has 0 atom stereocenters. The summed E-state index contributed by atoms with van der Waals surface area (Å²) < 4.78 is 30.3. The van der Waals surface area contributed by atoms with Crippen molar-refractivity contribution in [2.75, 3.05) is 10.8 Å². The first kappa shape index (κ1) is 29.7. The van der Waals surface area contributed by atoms with Crippen LogP contribution in [0, 0.1) is 27.7 Å². The predicted octanol–water partition coefficient (Wildman–Crippen LogP) is 7.02. The van der Waals surface area contributed by atoms with Gasteiger partial charge in [-0.15, -0.1) is 0 Å². The number of carbonyl (C=O) groups is 1. The number of benzene rings is 3. The van der Waals surface area contributed by atoms with Gasteiger partial charge in [0.2, 0.25) is 0 Å². The highest BCUT2D eigenvalue weighted by Crippen LogP contribution is 2.31. The van der Waals surface area contributed by atoms with Crippen molar-refractivity contribution < 1.29 is 13.2 Å². The van der Waals surface area contributed by atoms with Crippen molar-refractivity contribution >= 4 is 62.6 Å². The minimum atomic E-state index is -4.09. The summed E-state index contributed by atoms with van der Waals surface area (Å²) in [6.07, 6.45) is 1.50. The Labute approximate surface area is 249 Å². The molecule has 0 aliphatic rings. The van der Waals surface area contributed by atoms with Gasteiger partial charge < -0.3 is 4.57 Å². The molecule has 0 aliphatic heterocycles. The molecule has 0 saturated carbocycles. The van der Waals surface area contributed by atoms with Crippen LogP contribution in [0.1, 0.15) is 28.1 Å². The van der Waals surface area contributed by atoms with Crippen LogP contribution in [-0.2, 0) is 14.8 Å². The van der Waals surface area contributed by atoms with Gasteiger partial charge in [-0.2, -0.15) is 5.10 Å². The zero-order chi connectivity index (χ0) is 29.2. The third-order valence-corrected chi connectivity index (χ3v) is 9.15. The van der Waals surface area contributed by atoms with Gasteiger partial charge in [0, 0.05) is 27.0 Å². The second-order valence-corrected chi connectivity index (χ2v) is 12.4. The first-order chi connectivity index (χ1) is 18.9. The van der Waals surface area contributed by atoms with Gasteiger partial charge >= 0.3 is 0 Å². The first-order valence-corrected chi connectivity index (χ1v) is 14.8. The number of nitrogens with zero attached hydrogens (tertiary/aromatic N) is 3. The maximum absolute atomic E-state index is 13.7. The molecule has 0 radical (unpaired) electrons. The van der Waals surface area contributed by atoms with E-state index in [4.69, 9.17) is 34.8 Å². The summed E-state index contributed by atoms with van der Waals surface area (Å²) in [6.45, 7) is 6.87. The van der Waals surface area contributed by atoms with Crippen LogP contribution in [-0.4, -0.2) is 31.7 Å². The van der Waals surface area contributed by atoms with E-state index in [1.165, 1.54) is 18.3 Å². The Morgan fingerprint density at radius 2 is 1.65 bits per heavy atom. The molecule has 7 nitrogen and oxygen atoms in total. The highest BCUT2D eigenvalue weighted by Gasteiger charge is 2.28. The number of hydrogen-bond donors (Lipinski definition) is 1. The van der Waals surface area contributed by atoms with Crippen LogP contribution in [0.25, 0.3) is 5.69 Å². The van der Waals surface area contributed by atoms with Crippen LogP contribution in [0.4, 0.5) is 5.69 Å². The molecule has 208 valence electrons. The quantitative estimate of drug-likeness (QED) is 0.170. The highest BCUT2D eigenvalue weighted by atomic mass is 35.5. The van der Waals surface area contributed by atoms with E-state index in [0.29, 0.717) is 26.3 Å². The van der Waals surface area contributed by atoms with Crippen LogP contribution < -0.4 is 9.73 Å². The van der Waals surface area contributed by atoms with Gasteiger partial charge in [-0.1, -0.05) is 58.6 Å². The summed E-state index contributed by atoms with van der Waals surface area (Å²) in [6, 6.07) is 18.4. The molecule has 0 aliphatic carbocycles. The molecule has 3 aromatic carbocycles. The standard InChI is InChI=1S/C29H27Cl3N4O3S/c1-18-8-11-24(12-9-18)40(38,39)35(27-7-5-6-25(31)20(27)3)17-29(37)34-33-16-22-14-19(2)36(21(22)4)28-15-23(30)10-13-26(28)32/h5-16H,17H2,1-4H3,(H,34,37)/b33-16-. The van der Waals surface area contributed by atoms with E-state index in [9.17, 15) is 13.2 Å². The molecule has 1 N–H and O–H groups in total. The molecule has 0 saturated heterocycles. The number of hydrogen-bond acceptors (Lipinski definition) is 4. The smallest absolute Gasteiger partial charge is 0.264 e. The number of hydrazone groups is 1. The van der Waals surface area contributed by atoms with Crippen molar-refractivity contribution in [3.8, 4) is 5.69 Å². The Hall–Kier alpha value is -3.30. The van der Waals surface area contributed by atoms with Gasteiger partial charge in [0.25, 0.3) is 15.9 Å². The SMILES string of the molecule is Cc1ccc(S(=O)(=O)N(CC(=O)N/N=C\c2cc(C)n(-c3cc(Cl)ccc3Cl)c2C)c2cccc(Cl)c2C)cc1.